The lowest BCUT2D eigenvalue weighted by molar-refractivity contribution is -0.137. The summed E-state index contributed by atoms with van der Waals surface area (Å²) in [5.41, 5.74) is 0. The zero-order chi connectivity index (χ0) is 12.1. The van der Waals surface area contributed by atoms with Gasteiger partial charge in [0.05, 0.1) is 5.88 Å². The minimum Gasteiger partial charge on any atom is -0.461 e. The first-order valence-electron chi connectivity index (χ1n) is 5.23. The maximum Gasteiger partial charge on any atom is 0.330 e. The van der Waals surface area contributed by atoms with E-state index in [0.717, 1.165) is 6.08 Å². The number of carbonyl (C=O) groups excluding carboxylic acids is 1. The quantitative estimate of drug-likeness (QED) is 0.402. The van der Waals surface area contributed by atoms with Crippen LogP contribution in [-0.2, 0) is 9.53 Å². The molecule has 0 N–H and O–H groups in total. The Morgan fingerprint density at radius 2 is 1.80 bits per heavy atom. The number of halogens is 1. The summed E-state index contributed by atoms with van der Waals surface area (Å²) in [5, 5.41) is 0. The molecule has 0 aromatic carbocycles. The van der Waals surface area contributed by atoms with Gasteiger partial charge in [0, 0.05) is 6.08 Å². The van der Waals surface area contributed by atoms with Gasteiger partial charge in [-0.25, -0.2) is 4.79 Å². The molecule has 0 heterocycles. The van der Waals surface area contributed by atoms with Crippen LogP contribution in [0.3, 0.4) is 0 Å². The van der Waals surface area contributed by atoms with Crippen LogP contribution in [0.4, 0.5) is 0 Å². The van der Waals surface area contributed by atoms with E-state index >= 15 is 0 Å². The van der Waals surface area contributed by atoms with E-state index in [1.165, 1.54) is 19.6 Å². The van der Waals surface area contributed by atoms with Gasteiger partial charge >= 0.3 is 5.97 Å². The van der Waals surface area contributed by atoms with Gasteiger partial charge in [-0.3, -0.25) is 0 Å². The van der Waals surface area contributed by atoms with Gasteiger partial charge in [0.1, 0.15) is 6.61 Å². The Morgan fingerprint density at radius 1 is 1.33 bits per heavy atom. The minimum absolute atomic E-state index is 0.256. The number of rotatable bonds is 6. The smallest absolute Gasteiger partial charge is 0.330 e. The van der Waals surface area contributed by atoms with Crippen LogP contribution in [0, 0.1) is 0 Å². The third-order valence-corrected chi connectivity index (χ3v) is 1.98. The Morgan fingerprint density at radius 3 is 2.00 bits per heavy atom. The lowest BCUT2D eigenvalue weighted by atomic mass is 10.5. The molecule has 0 aliphatic rings. The molecule has 90 valence electrons. The Kier molecular flexibility index (Phi) is 15.1. The third-order valence-electron chi connectivity index (χ3n) is 1.83. The van der Waals surface area contributed by atoms with Crippen LogP contribution in [0.15, 0.2) is 12.7 Å². The van der Waals surface area contributed by atoms with Crippen molar-refractivity contribution in [3.8, 4) is 0 Å². The van der Waals surface area contributed by atoms with E-state index in [4.69, 9.17) is 11.6 Å². The largest absolute Gasteiger partial charge is 0.461 e. The van der Waals surface area contributed by atoms with Crippen molar-refractivity contribution in [2.45, 2.75) is 20.8 Å². The van der Waals surface area contributed by atoms with Crippen molar-refractivity contribution in [3.63, 3.8) is 0 Å². The zero-order valence-corrected chi connectivity index (χ0v) is 10.7. The summed E-state index contributed by atoms with van der Waals surface area (Å²) in [6.45, 7) is 13.6. The molecule has 0 saturated heterocycles. The van der Waals surface area contributed by atoms with Crippen molar-refractivity contribution in [2.24, 2.45) is 0 Å². The highest BCUT2D eigenvalue weighted by molar-refractivity contribution is 6.18. The second kappa shape index (κ2) is 13.5. The van der Waals surface area contributed by atoms with Crippen molar-refractivity contribution in [1.29, 1.82) is 0 Å². The highest BCUT2D eigenvalue weighted by Crippen LogP contribution is 1.81. The van der Waals surface area contributed by atoms with E-state index in [0.29, 0.717) is 5.88 Å². The maximum atomic E-state index is 10.2. The van der Waals surface area contributed by atoms with Crippen LogP contribution in [0.5, 0.6) is 0 Å². The molecule has 4 heteroatoms. The molecule has 0 radical (unpaired) electrons. The molecule has 0 spiro atoms. The second-order valence-electron chi connectivity index (χ2n) is 2.68. The topological polar surface area (TPSA) is 29.5 Å². The Labute approximate surface area is 98.0 Å². The minimum atomic E-state index is -0.425. The predicted octanol–water partition coefficient (Wildman–Crippen LogP) is 2.30. The summed E-state index contributed by atoms with van der Waals surface area (Å²) < 4.78 is 4.45. The number of ether oxygens (including phenoxy) is 1. The van der Waals surface area contributed by atoms with Crippen molar-refractivity contribution in [2.75, 3.05) is 32.1 Å². The molecule has 0 aromatic heterocycles. The number of nitrogens with zero attached hydrogens (tertiary/aromatic N) is 1. The van der Waals surface area contributed by atoms with Crippen molar-refractivity contribution >= 4 is 17.6 Å². The van der Waals surface area contributed by atoms with Crippen LogP contribution in [0.25, 0.3) is 0 Å². The van der Waals surface area contributed by atoms with Gasteiger partial charge in [0.25, 0.3) is 0 Å². The zero-order valence-electron chi connectivity index (χ0n) is 9.96. The fourth-order valence-corrected chi connectivity index (χ4v) is 0.946. The monoisotopic (exact) mass is 235 g/mol. The first-order valence-corrected chi connectivity index (χ1v) is 5.77. The van der Waals surface area contributed by atoms with Gasteiger partial charge in [-0.15, -0.1) is 11.6 Å². The summed E-state index contributed by atoms with van der Waals surface area (Å²) in [6.07, 6.45) is 1.10. The highest BCUT2D eigenvalue weighted by Gasteiger charge is 1.90. The average Bonchev–Trinajstić information content (AvgIpc) is 2.29. The summed E-state index contributed by atoms with van der Waals surface area (Å²) >= 11 is 5.19. The molecule has 0 saturated carbocycles. The molecular weight excluding hydrogens is 214 g/mol. The highest BCUT2D eigenvalue weighted by atomic mass is 35.5. The van der Waals surface area contributed by atoms with E-state index in [1.807, 2.05) is 0 Å². The van der Waals surface area contributed by atoms with Gasteiger partial charge in [-0.05, 0) is 19.6 Å². The van der Waals surface area contributed by atoms with Crippen LogP contribution in [0.2, 0.25) is 0 Å². The number of carbonyl (C=O) groups is 1. The Bertz CT molecular complexity index is 153. The van der Waals surface area contributed by atoms with Gasteiger partial charge in [-0.2, -0.15) is 0 Å². The fourth-order valence-electron chi connectivity index (χ4n) is 0.869. The molecule has 3 nitrogen and oxygen atoms in total. The molecule has 0 aromatic rings. The van der Waals surface area contributed by atoms with Crippen LogP contribution in [0.1, 0.15) is 20.8 Å². The molecule has 15 heavy (non-hydrogen) atoms. The van der Waals surface area contributed by atoms with Gasteiger partial charge in [0.15, 0.2) is 0 Å². The number of alkyl halides is 1. The summed E-state index contributed by atoms with van der Waals surface area (Å²) in [7, 11) is 0. The van der Waals surface area contributed by atoms with E-state index < -0.39 is 5.97 Å². The molecule has 0 aliphatic carbocycles. The van der Waals surface area contributed by atoms with E-state index in [-0.39, 0.29) is 6.61 Å². The van der Waals surface area contributed by atoms with Gasteiger partial charge < -0.3 is 9.64 Å². The number of hydrogen-bond donors (Lipinski definition) is 0. The molecule has 0 rings (SSSR count). The van der Waals surface area contributed by atoms with Crippen LogP contribution in [-0.4, -0.2) is 43.0 Å². The van der Waals surface area contributed by atoms with E-state index in [9.17, 15) is 4.79 Å². The lowest BCUT2D eigenvalue weighted by Gasteiger charge is -2.13. The number of hydrogen-bond acceptors (Lipinski definition) is 3. The first-order chi connectivity index (χ1) is 7.15. The molecule has 0 atom stereocenters. The molecule has 0 unspecified atom stereocenters. The predicted molar refractivity (Wildman–Crippen MR) is 65.3 cm³/mol. The van der Waals surface area contributed by atoms with Crippen LogP contribution >= 0.6 is 11.6 Å². The lowest BCUT2D eigenvalue weighted by Crippen LogP contribution is -2.21. The third kappa shape index (κ3) is 13.5. The van der Waals surface area contributed by atoms with E-state index in [1.54, 1.807) is 0 Å². The van der Waals surface area contributed by atoms with E-state index in [2.05, 4.69) is 37.0 Å². The maximum absolute atomic E-state index is 10.2. The molecule has 0 bridgehead atoms. The molecular formula is C11H22ClNO2. The molecule has 0 aliphatic heterocycles. The Balaban J connectivity index is 0. The van der Waals surface area contributed by atoms with Gasteiger partial charge in [-0.1, -0.05) is 27.4 Å². The number of esters is 1. The summed E-state index contributed by atoms with van der Waals surface area (Å²) in [4.78, 5) is 12.5. The summed E-state index contributed by atoms with van der Waals surface area (Å²) in [6, 6.07) is 0. The SMILES string of the molecule is C=CC(=O)OCCCl.CCN(CC)CC. The average molecular weight is 236 g/mol. The van der Waals surface area contributed by atoms with Crippen molar-refractivity contribution in [1.82, 2.24) is 4.90 Å². The Hall–Kier alpha value is -0.540. The van der Waals surface area contributed by atoms with Crippen molar-refractivity contribution < 1.29 is 9.53 Å². The summed E-state index contributed by atoms with van der Waals surface area (Å²) in [5.74, 6) is -0.0924. The molecule has 0 fully saturated rings. The second-order valence-corrected chi connectivity index (χ2v) is 3.06. The normalized spacial score (nSPS) is 9.13. The first kappa shape index (κ1) is 16.9. The fraction of sp³-hybridized carbons (Fsp3) is 0.727. The van der Waals surface area contributed by atoms with Crippen molar-refractivity contribution in [3.05, 3.63) is 12.7 Å². The standard InChI is InChI=1S/C6H15N.C5H7ClO2/c1-4-7(5-2)6-3;1-2-5(7)8-4-3-6/h4-6H2,1-3H3;2H,1,3-4H2. The van der Waals surface area contributed by atoms with Crippen LogP contribution < -0.4 is 0 Å². The molecule has 0 amide bonds. The van der Waals surface area contributed by atoms with Gasteiger partial charge in [0.2, 0.25) is 0 Å².